The topological polar surface area (TPSA) is 53.6 Å². The molecule has 1 heterocycles. The number of carbonyl (C=O) groups is 1. The largest absolute Gasteiger partial charge is 0.378 e. The molecule has 1 aliphatic heterocycles. The zero-order chi connectivity index (χ0) is 14.5. The van der Waals surface area contributed by atoms with E-state index < -0.39 is 0 Å². The van der Waals surface area contributed by atoms with Crippen molar-refractivity contribution in [3.8, 4) is 0 Å². The second kappa shape index (κ2) is 6.80. The van der Waals surface area contributed by atoms with E-state index in [2.05, 4.69) is 27.7 Å². The van der Waals surface area contributed by atoms with Gasteiger partial charge in [-0.2, -0.15) is 0 Å². The third-order valence-corrected chi connectivity index (χ3v) is 3.98. The number of ether oxygens (including phenoxy) is 1. The van der Waals surface area contributed by atoms with E-state index in [4.69, 9.17) is 4.74 Å². The van der Waals surface area contributed by atoms with Crippen LogP contribution in [0.4, 0.5) is 11.4 Å². The molecular weight excluding hydrogens is 266 g/mol. The van der Waals surface area contributed by atoms with E-state index in [0.29, 0.717) is 6.54 Å². The predicted molar refractivity (Wildman–Crippen MR) is 83.7 cm³/mol. The first kappa shape index (κ1) is 14.2. The molecule has 0 bridgehead atoms. The summed E-state index contributed by atoms with van der Waals surface area (Å²) in [4.78, 5) is 14.0. The van der Waals surface area contributed by atoms with Crippen molar-refractivity contribution < 1.29 is 9.53 Å². The molecule has 114 valence electrons. The summed E-state index contributed by atoms with van der Waals surface area (Å²) in [5.41, 5.74) is 2.19. The number of benzene rings is 1. The van der Waals surface area contributed by atoms with Crippen LogP contribution in [0.15, 0.2) is 24.3 Å². The minimum absolute atomic E-state index is 0.0687. The predicted octanol–water partition coefficient (Wildman–Crippen LogP) is 1.46. The van der Waals surface area contributed by atoms with Crippen LogP contribution in [0.3, 0.4) is 0 Å². The Bertz CT molecular complexity index is 465. The highest BCUT2D eigenvalue weighted by atomic mass is 16.5. The number of morpholine rings is 1. The molecule has 1 aromatic rings. The summed E-state index contributed by atoms with van der Waals surface area (Å²) in [6.45, 7) is 4.63. The van der Waals surface area contributed by atoms with Crippen LogP contribution in [-0.2, 0) is 9.53 Å². The summed E-state index contributed by atoms with van der Waals surface area (Å²) >= 11 is 0. The third-order valence-electron chi connectivity index (χ3n) is 3.98. The van der Waals surface area contributed by atoms with Crippen molar-refractivity contribution in [2.75, 3.05) is 49.6 Å². The Morgan fingerprint density at radius 2 is 1.90 bits per heavy atom. The lowest BCUT2D eigenvalue weighted by molar-refractivity contribution is -0.119. The van der Waals surface area contributed by atoms with Gasteiger partial charge in [-0.25, -0.2) is 0 Å². The van der Waals surface area contributed by atoms with Gasteiger partial charge in [-0.05, 0) is 43.0 Å². The fourth-order valence-electron chi connectivity index (χ4n) is 2.44. The number of anilines is 2. The van der Waals surface area contributed by atoms with Crippen LogP contribution in [0, 0.1) is 5.92 Å². The molecule has 2 aliphatic rings. The lowest BCUT2D eigenvalue weighted by Gasteiger charge is -2.28. The average molecular weight is 289 g/mol. The number of nitrogens with one attached hydrogen (secondary N) is 2. The molecule has 1 aromatic carbocycles. The van der Waals surface area contributed by atoms with Gasteiger partial charge in [0, 0.05) is 31.0 Å². The molecule has 3 rings (SSSR count). The van der Waals surface area contributed by atoms with Crippen molar-refractivity contribution in [3.05, 3.63) is 24.3 Å². The normalized spacial score (nSPS) is 18.4. The van der Waals surface area contributed by atoms with Crippen LogP contribution in [0.25, 0.3) is 0 Å². The average Bonchev–Trinajstić information content (AvgIpc) is 3.37. The van der Waals surface area contributed by atoms with E-state index in [1.54, 1.807) is 0 Å². The minimum atomic E-state index is 0.0687. The molecule has 1 amide bonds. The highest BCUT2D eigenvalue weighted by molar-refractivity contribution is 5.80. The third kappa shape index (κ3) is 4.36. The SMILES string of the molecule is O=C(CNc1ccc(N2CCOCC2)cc1)NCC1CC1. The Balaban J connectivity index is 1.43. The van der Waals surface area contributed by atoms with Crippen molar-refractivity contribution in [2.24, 2.45) is 5.92 Å². The van der Waals surface area contributed by atoms with Gasteiger partial charge < -0.3 is 20.3 Å². The monoisotopic (exact) mass is 289 g/mol. The van der Waals surface area contributed by atoms with Gasteiger partial charge in [-0.15, -0.1) is 0 Å². The maximum absolute atomic E-state index is 11.7. The molecule has 0 aromatic heterocycles. The number of amides is 1. The first-order valence-electron chi connectivity index (χ1n) is 7.74. The number of nitrogens with zero attached hydrogens (tertiary/aromatic N) is 1. The molecule has 2 fully saturated rings. The second-order valence-electron chi connectivity index (χ2n) is 5.75. The summed E-state index contributed by atoms with van der Waals surface area (Å²) < 4.78 is 5.36. The molecule has 2 N–H and O–H groups in total. The van der Waals surface area contributed by atoms with Crippen molar-refractivity contribution >= 4 is 17.3 Å². The van der Waals surface area contributed by atoms with Gasteiger partial charge in [-0.3, -0.25) is 4.79 Å². The summed E-state index contributed by atoms with van der Waals surface area (Å²) in [5.74, 6) is 0.793. The van der Waals surface area contributed by atoms with Crippen LogP contribution >= 0.6 is 0 Å². The van der Waals surface area contributed by atoms with E-state index >= 15 is 0 Å². The Hall–Kier alpha value is -1.75. The summed E-state index contributed by atoms with van der Waals surface area (Å²) in [6.07, 6.45) is 2.52. The van der Waals surface area contributed by atoms with Crippen LogP contribution in [0.5, 0.6) is 0 Å². The number of hydrogen-bond acceptors (Lipinski definition) is 4. The molecule has 5 nitrogen and oxygen atoms in total. The number of hydrogen-bond donors (Lipinski definition) is 2. The molecule has 0 atom stereocenters. The van der Waals surface area contributed by atoms with E-state index in [-0.39, 0.29) is 5.91 Å². The lowest BCUT2D eigenvalue weighted by atomic mass is 10.2. The van der Waals surface area contributed by atoms with E-state index in [0.717, 1.165) is 44.5 Å². The molecular formula is C16H23N3O2. The maximum Gasteiger partial charge on any atom is 0.239 e. The first-order chi connectivity index (χ1) is 10.3. The quantitative estimate of drug-likeness (QED) is 0.832. The van der Waals surface area contributed by atoms with Crippen molar-refractivity contribution in [1.29, 1.82) is 0 Å². The van der Waals surface area contributed by atoms with Gasteiger partial charge in [0.1, 0.15) is 0 Å². The highest BCUT2D eigenvalue weighted by Crippen LogP contribution is 2.27. The van der Waals surface area contributed by atoms with E-state index in [1.807, 2.05) is 12.1 Å². The smallest absolute Gasteiger partial charge is 0.239 e. The summed E-state index contributed by atoms with van der Waals surface area (Å²) in [6, 6.07) is 8.24. The van der Waals surface area contributed by atoms with Crippen LogP contribution < -0.4 is 15.5 Å². The van der Waals surface area contributed by atoms with E-state index in [9.17, 15) is 4.79 Å². The molecule has 1 saturated heterocycles. The lowest BCUT2D eigenvalue weighted by Crippen LogP contribution is -2.36. The van der Waals surface area contributed by atoms with Crippen LogP contribution in [0.2, 0.25) is 0 Å². The first-order valence-corrected chi connectivity index (χ1v) is 7.74. The molecule has 1 saturated carbocycles. The molecule has 0 radical (unpaired) electrons. The summed E-state index contributed by atoms with van der Waals surface area (Å²) in [5, 5.41) is 6.12. The molecule has 1 aliphatic carbocycles. The van der Waals surface area contributed by atoms with E-state index in [1.165, 1.54) is 18.5 Å². The molecule has 5 heteroatoms. The Morgan fingerprint density at radius 1 is 1.19 bits per heavy atom. The highest BCUT2D eigenvalue weighted by Gasteiger charge is 2.21. The van der Waals surface area contributed by atoms with Gasteiger partial charge in [0.2, 0.25) is 5.91 Å². The number of carbonyl (C=O) groups excluding carboxylic acids is 1. The number of rotatable bonds is 6. The van der Waals surface area contributed by atoms with Crippen molar-refractivity contribution in [1.82, 2.24) is 5.32 Å². The fourth-order valence-corrected chi connectivity index (χ4v) is 2.44. The minimum Gasteiger partial charge on any atom is -0.378 e. The van der Waals surface area contributed by atoms with Crippen molar-refractivity contribution in [3.63, 3.8) is 0 Å². The van der Waals surface area contributed by atoms with Crippen molar-refractivity contribution in [2.45, 2.75) is 12.8 Å². The zero-order valence-electron chi connectivity index (χ0n) is 12.3. The Morgan fingerprint density at radius 3 is 2.57 bits per heavy atom. The molecule has 0 spiro atoms. The van der Waals surface area contributed by atoms with Gasteiger partial charge in [0.25, 0.3) is 0 Å². The van der Waals surface area contributed by atoms with Gasteiger partial charge >= 0.3 is 0 Å². The van der Waals surface area contributed by atoms with Gasteiger partial charge in [-0.1, -0.05) is 0 Å². The molecule has 21 heavy (non-hydrogen) atoms. The maximum atomic E-state index is 11.7. The fraction of sp³-hybridized carbons (Fsp3) is 0.562. The standard InChI is InChI=1S/C16H23N3O2/c20-16(18-11-13-1-2-13)12-17-14-3-5-15(6-4-14)19-7-9-21-10-8-19/h3-6,13,17H,1-2,7-12H2,(H,18,20). The van der Waals surface area contributed by atoms with Gasteiger partial charge in [0.15, 0.2) is 0 Å². The molecule has 0 unspecified atom stereocenters. The van der Waals surface area contributed by atoms with Crippen LogP contribution in [-0.4, -0.2) is 45.3 Å². The Labute approximate surface area is 125 Å². The second-order valence-corrected chi connectivity index (χ2v) is 5.75. The van der Waals surface area contributed by atoms with Crippen LogP contribution in [0.1, 0.15) is 12.8 Å². The summed E-state index contributed by atoms with van der Waals surface area (Å²) in [7, 11) is 0. The zero-order valence-corrected chi connectivity index (χ0v) is 12.3. The van der Waals surface area contributed by atoms with Gasteiger partial charge in [0.05, 0.1) is 19.8 Å². The Kier molecular flexibility index (Phi) is 4.60.